The maximum Gasteiger partial charge on any atom is 0.185 e. The average Bonchev–Trinajstić information content (AvgIpc) is 2.96. The largest absolute Gasteiger partial charge is 0.392 e. The maximum absolute atomic E-state index is 9.79. The number of anilines is 1. The summed E-state index contributed by atoms with van der Waals surface area (Å²) in [6, 6.07) is 0.610. The number of aromatic nitrogens is 1. The van der Waals surface area contributed by atoms with E-state index in [9.17, 15) is 5.11 Å². The Labute approximate surface area is 123 Å². The molecule has 0 saturated carbocycles. The molecule has 3 rings (SSSR count). The van der Waals surface area contributed by atoms with Crippen molar-refractivity contribution in [3.8, 4) is 0 Å². The van der Waals surface area contributed by atoms with E-state index in [-0.39, 0.29) is 12.7 Å². The Morgan fingerprint density at radius 2 is 2.05 bits per heavy atom. The Morgan fingerprint density at radius 3 is 2.70 bits per heavy atom. The highest BCUT2D eigenvalue weighted by atomic mass is 32.1. The molecule has 1 aromatic rings. The van der Waals surface area contributed by atoms with Gasteiger partial charge in [-0.05, 0) is 32.2 Å². The maximum atomic E-state index is 9.79. The molecule has 1 aromatic heterocycles. The van der Waals surface area contributed by atoms with Gasteiger partial charge >= 0.3 is 0 Å². The number of hydrogen-bond acceptors (Lipinski definition) is 6. The molecule has 2 aliphatic heterocycles. The number of rotatable bonds is 3. The van der Waals surface area contributed by atoms with Crippen LogP contribution in [0.25, 0.3) is 0 Å². The fraction of sp³-hybridized carbons (Fsp3) is 0.786. The Morgan fingerprint density at radius 1 is 1.25 bits per heavy atom. The summed E-state index contributed by atoms with van der Waals surface area (Å²) in [5, 5.41) is 21.8. The molecular weight excluding hydrogens is 274 g/mol. The molecule has 0 bridgehead atoms. The zero-order valence-corrected chi connectivity index (χ0v) is 12.6. The summed E-state index contributed by atoms with van der Waals surface area (Å²) in [5.74, 6) is 0. The second-order valence-electron chi connectivity index (χ2n) is 5.79. The molecule has 2 saturated heterocycles. The third-order valence-electron chi connectivity index (χ3n) is 4.38. The van der Waals surface area contributed by atoms with Gasteiger partial charge in [0.05, 0.1) is 18.4 Å². The van der Waals surface area contributed by atoms with Gasteiger partial charge in [0.25, 0.3) is 0 Å². The van der Waals surface area contributed by atoms with Gasteiger partial charge in [-0.3, -0.25) is 4.90 Å². The molecule has 1 atom stereocenters. The van der Waals surface area contributed by atoms with Crippen LogP contribution in [0, 0.1) is 0 Å². The average molecular weight is 297 g/mol. The second kappa shape index (κ2) is 6.39. The quantitative estimate of drug-likeness (QED) is 0.874. The minimum Gasteiger partial charge on any atom is -0.392 e. The van der Waals surface area contributed by atoms with E-state index in [1.165, 1.54) is 0 Å². The van der Waals surface area contributed by atoms with Crippen LogP contribution < -0.4 is 4.90 Å². The van der Waals surface area contributed by atoms with E-state index in [4.69, 9.17) is 5.11 Å². The van der Waals surface area contributed by atoms with Crippen molar-refractivity contribution >= 4 is 16.5 Å². The molecule has 112 valence electrons. The number of aliphatic hydroxyl groups is 2. The van der Waals surface area contributed by atoms with Gasteiger partial charge < -0.3 is 15.1 Å². The van der Waals surface area contributed by atoms with Gasteiger partial charge in [0.2, 0.25) is 0 Å². The Bertz CT molecular complexity index is 432. The standard InChI is InChI=1S/C14H23N3O2S/c18-9-11-10-20-14(15-11)16-6-3-12(4-7-16)17-5-1-2-13(19)8-17/h10,12-13,18-19H,1-9H2. The highest BCUT2D eigenvalue weighted by Crippen LogP contribution is 2.27. The van der Waals surface area contributed by atoms with Crippen molar-refractivity contribution in [2.45, 2.75) is 44.4 Å². The van der Waals surface area contributed by atoms with E-state index in [1.807, 2.05) is 5.38 Å². The molecule has 1 unspecified atom stereocenters. The molecule has 2 fully saturated rings. The summed E-state index contributed by atoms with van der Waals surface area (Å²) in [4.78, 5) is 9.23. The number of aliphatic hydroxyl groups excluding tert-OH is 2. The van der Waals surface area contributed by atoms with Crippen molar-refractivity contribution in [1.82, 2.24) is 9.88 Å². The summed E-state index contributed by atoms with van der Waals surface area (Å²) >= 11 is 1.62. The molecule has 20 heavy (non-hydrogen) atoms. The second-order valence-corrected chi connectivity index (χ2v) is 6.63. The van der Waals surface area contributed by atoms with Crippen LogP contribution >= 0.6 is 11.3 Å². The predicted octanol–water partition coefficient (Wildman–Crippen LogP) is 1.06. The summed E-state index contributed by atoms with van der Waals surface area (Å²) in [7, 11) is 0. The van der Waals surface area contributed by atoms with Crippen LogP contribution in [-0.4, -0.2) is 58.4 Å². The van der Waals surface area contributed by atoms with Crippen LogP contribution in [0.1, 0.15) is 31.4 Å². The van der Waals surface area contributed by atoms with Crippen LogP contribution in [0.2, 0.25) is 0 Å². The van der Waals surface area contributed by atoms with E-state index in [0.29, 0.717) is 6.04 Å². The highest BCUT2D eigenvalue weighted by molar-refractivity contribution is 7.13. The molecule has 0 amide bonds. The number of nitrogens with zero attached hydrogens (tertiary/aromatic N) is 3. The molecule has 0 radical (unpaired) electrons. The highest BCUT2D eigenvalue weighted by Gasteiger charge is 2.28. The van der Waals surface area contributed by atoms with Crippen molar-refractivity contribution in [2.75, 3.05) is 31.1 Å². The van der Waals surface area contributed by atoms with Crippen LogP contribution in [0.3, 0.4) is 0 Å². The van der Waals surface area contributed by atoms with Crippen LogP contribution in [0.15, 0.2) is 5.38 Å². The summed E-state index contributed by atoms with van der Waals surface area (Å²) in [6.07, 6.45) is 4.22. The monoisotopic (exact) mass is 297 g/mol. The van der Waals surface area contributed by atoms with Crippen LogP contribution in [-0.2, 0) is 6.61 Å². The number of hydrogen-bond donors (Lipinski definition) is 2. The first-order valence-electron chi connectivity index (χ1n) is 7.48. The lowest BCUT2D eigenvalue weighted by Gasteiger charge is -2.41. The van der Waals surface area contributed by atoms with Crippen molar-refractivity contribution < 1.29 is 10.2 Å². The van der Waals surface area contributed by atoms with Gasteiger partial charge in [-0.15, -0.1) is 11.3 Å². The van der Waals surface area contributed by atoms with Gasteiger partial charge in [-0.25, -0.2) is 4.98 Å². The first kappa shape index (κ1) is 14.3. The molecule has 2 aliphatic rings. The lowest BCUT2D eigenvalue weighted by Crippen LogP contribution is -2.49. The Balaban J connectivity index is 1.53. The van der Waals surface area contributed by atoms with Crippen molar-refractivity contribution in [1.29, 1.82) is 0 Å². The minimum atomic E-state index is -0.132. The Kier molecular flexibility index (Phi) is 4.55. The fourth-order valence-corrected chi connectivity index (χ4v) is 4.12. The summed E-state index contributed by atoms with van der Waals surface area (Å²) in [6.45, 7) is 4.05. The smallest absolute Gasteiger partial charge is 0.185 e. The Hall–Kier alpha value is -0.690. The molecule has 2 N–H and O–H groups in total. The van der Waals surface area contributed by atoms with E-state index in [1.54, 1.807) is 11.3 Å². The molecule has 0 aromatic carbocycles. The third kappa shape index (κ3) is 3.14. The van der Waals surface area contributed by atoms with Crippen LogP contribution in [0.5, 0.6) is 0 Å². The lowest BCUT2D eigenvalue weighted by atomic mass is 9.99. The first-order chi connectivity index (χ1) is 9.76. The summed E-state index contributed by atoms with van der Waals surface area (Å²) in [5.41, 5.74) is 0.770. The fourth-order valence-electron chi connectivity index (χ4n) is 3.25. The zero-order valence-electron chi connectivity index (χ0n) is 11.7. The van der Waals surface area contributed by atoms with Gasteiger partial charge in [-0.1, -0.05) is 0 Å². The SMILES string of the molecule is OCc1csc(N2CCC(N3CCCC(O)C3)CC2)n1. The molecule has 5 nitrogen and oxygen atoms in total. The van der Waals surface area contributed by atoms with Crippen molar-refractivity contribution in [3.05, 3.63) is 11.1 Å². The minimum absolute atomic E-state index is 0.0264. The van der Waals surface area contributed by atoms with Crippen LogP contribution in [0.4, 0.5) is 5.13 Å². The zero-order chi connectivity index (χ0) is 13.9. The normalized spacial score (nSPS) is 26.1. The van der Waals surface area contributed by atoms with E-state index >= 15 is 0 Å². The molecular formula is C14H23N3O2S. The van der Waals surface area contributed by atoms with Crippen molar-refractivity contribution in [3.63, 3.8) is 0 Å². The molecule has 0 spiro atoms. The van der Waals surface area contributed by atoms with Gasteiger partial charge in [-0.2, -0.15) is 0 Å². The van der Waals surface area contributed by atoms with E-state index in [0.717, 1.165) is 62.7 Å². The molecule has 0 aliphatic carbocycles. The number of thiazole rings is 1. The first-order valence-corrected chi connectivity index (χ1v) is 8.36. The number of likely N-dealkylation sites (tertiary alicyclic amines) is 1. The topological polar surface area (TPSA) is 59.8 Å². The molecule has 3 heterocycles. The van der Waals surface area contributed by atoms with Gasteiger partial charge in [0.15, 0.2) is 5.13 Å². The third-order valence-corrected chi connectivity index (χ3v) is 5.33. The molecule has 6 heteroatoms. The number of piperidine rings is 2. The van der Waals surface area contributed by atoms with E-state index < -0.39 is 0 Å². The van der Waals surface area contributed by atoms with Crippen molar-refractivity contribution in [2.24, 2.45) is 0 Å². The lowest BCUT2D eigenvalue weighted by molar-refractivity contribution is 0.0398. The van der Waals surface area contributed by atoms with Gasteiger partial charge in [0.1, 0.15) is 0 Å². The predicted molar refractivity (Wildman–Crippen MR) is 80.1 cm³/mol. The van der Waals surface area contributed by atoms with Gasteiger partial charge in [0, 0.05) is 31.1 Å². The van der Waals surface area contributed by atoms with E-state index in [2.05, 4.69) is 14.8 Å². The summed E-state index contributed by atoms with van der Waals surface area (Å²) < 4.78 is 0. The number of β-amino-alcohol motifs (C(OH)–C–C–N with tert-alkyl or cyclic N) is 1.